The second-order valence-corrected chi connectivity index (χ2v) is 3.39. The predicted molar refractivity (Wildman–Crippen MR) is 58.1 cm³/mol. The van der Waals surface area contributed by atoms with Crippen LogP contribution >= 0.6 is 0 Å². The predicted octanol–water partition coefficient (Wildman–Crippen LogP) is 0.422. The third kappa shape index (κ3) is 4.04. The Bertz CT molecular complexity index is 274. The number of aromatic nitrogens is 2. The number of rotatable bonds is 5. The van der Waals surface area contributed by atoms with Crippen molar-refractivity contribution in [1.82, 2.24) is 14.9 Å². The van der Waals surface area contributed by atoms with Crippen LogP contribution in [-0.4, -0.2) is 42.1 Å². The Labute approximate surface area is 84.3 Å². The molecule has 14 heavy (non-hydrogen) atoms. The van der Waals surface area contributed by atoms with Gasteiger partial charge in [0, 0.05) is 12.7 Å². The first-order valence-corrected chi connectivity index (χ1v) is 4.65. The summed E-state index contributed by atoms with van der Waals surface area (Å²) in [5, 5.41) is 3.11. The number of nitrogens with zero attached hydrogens (tertiary/aromatic N) is 3. The van der Waals surface area contributed by atoms with Crippen molar-refractivity contribution in [2.45, 2.75) is 6.42 Å². The second kappa shape index (κ2) is 5.39. The van der Waals surface area contributed by atoms with Crippen molar-refractivity contribution in [3.8, 4) is 0 Å². The Hall–Kier alpha value is -1.36. The molecule has 0 fully saturated rings. The van der Waals surface area contributed by atoms with E-state index in [-0.39, 0.29) is 0 Å². The van der Waals surface area contributed by atoms with Crippen LogP contribution in [0.15, 0.2) is 12.3 Å². The van der Waals surface area contributed by atoms with Gasteiger partial charge >= 0.3 is 0 Å². The largest absolute Gasteiger partial charge is 0.384 e. The van der Waals surface area contributed by atoms with Crippen LogP contribution in [0.4, 0.5) is 11.8 Å². The maximum Gasteiger partial charge on any atom is 0.224 e. The topological polar surface area (TPSA) is 67.1 Å². The molecule has 0 aliphatic rings. The first-order chi connectivity index (χ1) is 6.68. The molecule has 0 unspecified atom stereocenters. The summed E-state index contributed by atoms with van der Waals surface area (Å²) in [6.45, 7) is 1.91. The lowest BCUT2D eigenvalue weighted by atomic mass is 10.4. The van der Waals surface area contributed by atoms with Crippen molar-refractivity contribution < 1.29 is 0 Å². The minimum atomic E-state index is 0.495. The van der Waals surface area contributed by atoms with Crippen LogP contribution in [0.5, 0.6) is 0 Å². The van der Waals surface area contributed by atoms with Crippen molar-refractivity contribution in [2.75, 3.05) is 38.2 Å². The van der Waals surface area contributed by atoms with Crippen LogP contribution in [0.3, 0.4) is 0 Å². The third-order valence-electron chi connectivity index (χ3n) is 1.74. The summed E-state index contributed by atoms with van der Waals surface area (Å²) in [6, 6.07) is 1.67. The number of nitrogen functional groups attached to an aromatic ring is 1. The third-order valence-corrected chi connectivity index (χ3v) is 1.74. The zero-order chi connectivity index (χ0) is 10.4. The number of hydrogen-bond donors (Lipinski definition) is 2. The molecule has 1 heterocycles. The molecule has 0 bridgehead atoms. The van der Waals surface area contributed by atoms with E-state index in [0.29, 0.717) is 11.8 Å². The van der Waals surface area contributed by atoms with E-state index in [0.717, 1.165) is 19.5 Å². The van der Waals surface area contributed by atoms with Crippen molar-refractivity contribution in [3.63, 3.8) is 0 Å². The van der Waals surface area contributed by atoms with Gasteiger partial charge in [-0.25, -0.2) is 4.98 Å². The molecule has 78 valence electrons. The molecule has 0 amide bonds. The highest BCUT2D eigenvalue weighted by atomic mass is 15.1. The quantitative estimate of drug-likeness (QED) is 0.667. The summed E-state index contributed by atoms with van der Waals surface area (Å²) in [5.41, 5.74) is 5.51. The Morgan fingerprint density at radius 3 is 2.93 bits per heavy atom. The van der Waals surface area contributed by atoms with Crippen LogP contribution < -0.4 is 11.1 Å². The SMILES string of the molecule is CN(C)CCCNc1nccc(N)n1. The molecule has 0 aliphatic heterocycles. The monoisotopic (exact) mass is 195 g/mol. The summed E-state index contributed by atoms with van der Waals surface area (Å²) in [7, 11) is 4.11. The van der Waals surface area contributed by atoms with Crippen molar-refractivity contribution >= 4 is 11.8 Å². The molecule has 0 radical (unpaired) electrons. The fourth-order valence-corrected chi connectivity index (χ4v) is 1.05. The zero-order valence-corrected chi connectivity index (χ0v) is 8.70. The summed E-state index contributed by atoms with van der Waals surface area (Å²) in [4.78, 5) is 10.2. The lowest BCUT2D eigenvalue weighted by Gasteiger charge is -2.09. The summed E-state index contributed by atoms with van der Waals surface area (Å²) in [5.74, 6) is 1.10. The average Bonchev–Trinajstić information content (AvgIpc) is 2.12. The fourth-order valence-electron chi connectivity index (χ4n) is 1.05. The summed E-state index contributed by atoms with van der Waals surface area (Å²) >= 11 is 0. The smallest absolute Gasteiger partial charge is 0.224 e. The van der Waals surface area contributed by atoms with Crippen LogP contribution in [0.2, 0.25) is 0 Å². The molecule has 0 spiro atoms. The standard InChI is InChI=1S/C9H17N5/c1-14(2)7-3-5-11-9-12-6-4-8(10)13-9/h4,6H,3,5,7H2,1-2H3,(H3,10,11,12,13). The first-order valence-electron chi connectivity index (χ1n) is 4.65. The first kappa shape index (κ1) is 10.7. The molecule has 0 saturated carbocycles. The van der Waals surface area contributed by atoms with E-state index in [1.165, 1.54) is 0 Å². The molecule has 0 atom stereocenters. The lowest BCUT2D eigenvalue weighted by Crippen LogP contribution is -2.17. The number of nitrogens with one attached hydrogen (secondary N) is 1. The van der Waals surface area contributed by atoms with Gasteiger partial charge in [0.1, 0.15) is 5.82 Å². The van der Waals surface area contributed by atoms with Crippen molar-refractivity contribution in [2.24, 2.45) is 0 Å². The van der Waals surface area contributed by atoms with E-state index in [2.05, 4.69) is 34.3 Å². The van der Waals surface area contributed by atoms with Gasteiger partial charge in [-0.3, -0.25) is 0 Å². The molecule has 5 heteroatoms. The van der Waals surface area contributed by atoms with E-state index in [1.807, 2.05) is 0 Å². The molecule has 1 aromatic rings. The maximum absolute atomic E-state index is 5.51. The Morgan fingerprint density at radius 2 is 2.29 bits per heavy atom. The van der Waals surface area contributed by atoms with Gasteiger partial charge in [0.05, 0.1) is 0 Å². The summed E-state index contributed by atoms with van der Waals surface area (Å²) < 4.78 is 0. The average molecular weight is 195 g/mol. The number of nitrogens with two attached hydrogens (primary N) is 1. The van der Waals surface area contributed by atoms with Gasteiger partial charge in [-0.15, -0.1) is 0 Å². The van der Waals surface area contributed by atoms with Gasteiger partial charge in [0.25, 0.3) is 0 Å². The Kier molecular flexibility index (Phi) is 4.12. The van der Waals surface area contributed by atoms with E-state index >= 15 is 0 Å². The molecule has 5 nitrogen and oxygen atoms in total. The van der Waals surface area contributed by atoms with Gasteiger partial charge in [-0.2, -0.15) is 4.98 Å². The minimum Gasteiger partial charge on any atom is -0.384 e. The van der Waals surface area contributed by atoms with Crippen molar-refractivity contribution in [3.05, 3.63) is 12.3 Å². The maximum atomic E-state index is 5.51. The van der Waals surface area contributed by atoms with Gasteiger partial charge in [-0.1, -0.05) is 0 Å². The molecular weight excluding hydrogens is 178 g/mol. The fraction of sp³-hybridized carbons (Fsp3) is 0.556. The van der Waals surface area contributed by atoms with E-state index in [4.69, 9.17) is 5.73 Å². The van der Waals surface area contributed by atoms with E-state index in [1.54, 1.807) is 12.3 Å². The van der Waals surface area contributed by atoms with Crippen LogP contribution in [0.1, 0.15) is 6.42 Å². The molecule has 0 aliphatic carbocycles. The van der Waals surface area contributed by atoms with Crippen LogP contribution in [0.25, 0.3) is 0 Å². The number of anilines is 2. The highest BCUT2D eigenvalue weighted by molar-refractivity contribution is 5.34. The highest BCUT2D eigenvalue weighted by Gasteiger charge is 1.95. The molecule has 0 saturated heterocycles. The zero-order valence-electron chi connectivity index (χ0n) is 8.70. The van der Waals surface area contributed by atoms with Gasteiger partial charge < -0.3 is 16.0 Å². The molecule has 1 rings (SSSR count). The van der Waals surface area contributed by atoms with Gasteiger partial charge in [0.15, 0.2) is 0 Å². The van der Waals surface area contributed by atoms with Crippen LogP contribution in [-0.2, 0) is 0 Å². The number of hydrogen-bond acceptors (Lipinski definition) is 5. The molecule has 0 aromatic carbocycles. The molecule has 1 aromatic heterocycles. The Balaban J connectivity index is 2.25. The van der Waals surface area contributed by atoms with Crippen LogP contribution in [0, 0.1) is 0 Å². The van der Waals surface area contributed by atoms with E-state index < -0.39 is 0 Å². The highest BCUT2D eigenvalue weighted by Crippen LogP contribution is 2.00. The van der Waals surface area contributed by atoms with E-state index in [9.17, 15) is 0 Å². The second-order valence-electron chi connectivity index (χ2n) is 3.39. The molecule has 3 N–H and O–H groups in total. The Morgan fingerprint density at radius 1 is 1.50 bits per heavy atom. The summed E-state index contributed by atoms with van der Waals surface area (Å²) in [6.07, 6.45) is 2.71. The normalized spacial score (nSPS) is 10.5. The molecular formula is C9H17N5. The minimum absolute atomic E-state index is 0.495. The lowest BCUT2D eigenvalue weighted by molar-refractivity contribution is 0.405. The van der Waals surface area contributed by atoms with Gasteiger partial charge in [0.2, 0.25) is 5.95 Å². The van der Waals surface area contributed by atoms with Gasteiger partial charge in [-0.05, 0) is 33.1 Å². The van der Waals surface area contributed by atoms with Crippen molar-refractivity contribution in [1.29, 1.82) is 0 Å².